The van der Waals surface area contributed by atoms with Crippen LogP contribution >= 0.6 is 0 Å². The average molecular weight is 439 g/mol. The molecule has 0 saturated carbocycles. The Balaban J connectivity index is 1.31. The summed E-state index contributed by atoms with van der Waals surface area (Å²) in [4.78, 5) is 17.1. The second kappa shape index (κ2) is 9.44. The van der Waals surface area contributed by atoms with Gasteiger partial charge in [0.05, 0.1) is 5.56 Å². The molecule has 1 heterocycles. The van der Waals surface area contributed by atoms with Crippen LogP contribution in [0.2, 0.25) is 0 Å². The quantitative estimate of drug-likeness (QED) is 0.588. The number of carbonyl (C=O) groups is 1. The van der Waals surface area contributed by atoms with Gasteiger partial charge in [-0.2, -0.15) is 13.2 Å². The second-order valence-corrected chi connectivity index (χ2v) is 7.83. The molecule has 1 saturated heterocycles. The Labute approximate surface area is 185 Å². The summed E-state index contributed by atoms with van der Waals surface area (Å²) >= 11 is 0. The molecular weight excluding hydrogens is 415 g/mol. The summed E-state index contributed by atoms with van der Waals surface area (Å²) in [7, 11) is 0. The predicted octanol–water partition coefficient (Wildman–Crippen LogP) is 5.28. The SMILES string of the molecule is O=C(Nc1ccc(CN2CCN(c3ccccc3)CC2)cc1)c1cccc(C(F)(F)F)c1. The highest BCUT2D eigenvalue weighted by Gasteiger charge is 2.30. The standard InChI is InChI=1S/C25H24F3N3O/c26-25(27,28)21-6-4-5-20(17-21)24(32)29-22-11-9-19(10-12-22)18-30-13-15-31(16-14-30)23-7-2-1-3-8-23/h1-12,17H,13-16,18H2,(H,29,32). The number of carbonyl (C=O) groups excluding carboxylic acids is 1. The lowest BCUT2D eigenvalue weighted by Crippen LogP contribution is -2.45. The van der Waals surface area contributed by atoms with Crippen molar-refractivity contribution in [3.8, 4) is 0 Å². The minimum absolute atomic E-state index is 0.0276. The topological polar surface area (TPSA) is 35.6 Å². The first-order valence-electron chi connectivity index (χ1n) is 10.5. The molecule has 1 aliphatic rings. The number of hydrogen-bond donors (Lipinski definition) is 1. The Bertz CT molecular complexity index is 1040. The number of alkyl halides is 3. The molecule has 3 aromatic rings. The molecule has 0 radical (unpaired) electrons. The number of halogens is 3. The van der Waals surface area contributed by atoms with E-state index in [-0.39, 0.29) is 5.56 Å². The number of hydrogen-bond acceptors (Lipinski definition) is 3. The number of piperazine rings is 1. The number of nitrogens with zero attached hydrogens (tertiary/aromatic N) is 2. The lowest BCUT2D eigenvalue weighted by molar-refractivity contribution is -0.137. The van der Waals surface area contributed by atoms with E-state index in [0.717, 1.165) is 50.4 Å². The Morgan fingerprint density at radius 2 is 1.53 bits per heavy atom. The van der Waals surface area contributed by atoms with Gasteiger partial charge in [-0.15, -0.1) is 0 Å². The van der Waals surface area contributed by atoms with Crippen molar-refractivity contribution in [2.75, 3.05) is 36.4 Å². The summed E-state index contributed by atoms with van der Waals surface area (Å²) in [6.07, 6.45) is -4.48. The van der Waals surface area contributed by atoms with Gasteiger partial charge < -0.3 is 10.2 Å². The molecule has 0 aliphatic carbocycles. The predicted molar refractivity (Wildman–Crippen MR) is 120 cm³/mol. The maximum absolute atomic E-state index is 12.9. The molecule has 4 nitrogen and oxygen atoms in total. The van der Waals surface area contributed by atoms with Gasteiger partial charge in [-0.05, 0) is 48.0 Å². The highest BCUT2D eigenvalue weighted by Crippen LogP contribution is 2.29. The zero-order valence-electron chi connectivity index (χ0n) is 17.5. The van der Waals surface area contributed by atoms with Gasteiger partial charge >= 0.3 is 6.18 Å². The van der Waals surface area contributed by atoms with Crippen LogP contribution in [0.3, 0.4) is 0 Å². The van der Waals surface area contributed by atoms with Gasteiger partial charge in [0, 0.05) is 49.7 Å². The molecule has 3 aromatic carbocycles. The van der Waals surface area contributed by atoms with Crippen LogP contribution < -0.4 is 10.2 Å². The molecule has 4 rings (SSSR count). The minimum Gasteiger partial charge on any atom is -0.369 e. The molecule has 1 amide bonds. The summed E-state index contributed by atoms with van der Waals surface area (Å²) < 4.78 is 38.6. The van der Waals surface area contributed by atoms with Crippen LogP contribution in [0.4, 0.5) is 24.5 Å². The van der Waals surface area contributed by atoms with Crippen molar-refractivity contribution in [3.05, 3.63) is 95.6 Å². The molecule has 1 fully saturated rings. The zero-order valence-corrected chi connectivity index (χ0v) is 17.5. The van der Waals surface area contributed by atoms with E-state index in [2.05, 4.69) is 39.4 Å². The first-order valence-corrected chi connectivity index (χ1v) is 10.5. The summed E-state index contributed by atoms with van der Waals surface area (Å²) in [5.41, 5.74) is 2.04. The smallest absolute Gasteiger partial charge is 0.369 e. The van der Waals surface area contributed by atoms with Gasteiger partial charge in [-0.1, -0.05) is 36.4 Å². The van der Waals surface area contributed by atoms with Gasteiger partial charge in [-0.25, -0.2) is 0 Å². The van der Waals surface area contributed by atoms with E-state index in [1.54, 1.807) is 12.1 Å². The van der Waals surface area contributed by atoms with E-state index in [4.69, 9.17) is 0 Å². The molecule has 1 N–H and O–H groups in total. The van der Waals surface area contributed by atoms with Crippen LogP contribution in [0.1, 0.15) is 21.5 Å². The lowest BCUT2D eigenvalue weighted by Gasteiger charge is -2.36. The lowest BCUT2D eigenvalue weighted by atomic mass is 10.1. The number of para-hydroxylation sites is 1. The fourth-order valence-corrected chi connectivity index (χ4v) is 3.79. The molecule has 166 valence electrons. The molecule has 0 aromatic heterocycles. The van der Waals surface area contributed by atoms with E-state index in [9.17, 15) is 18.0 Å². The maximum atomic E-state index is 12.9. The Kier molecular flexibility index (Phi) is 6.46. The van der Waals surface area contributed by atoms with E-state index in [1.807, 2.05) is 18.2 Å². The van der Waals surface area contributed by atoms with Crippen LogP contribution in [-0.4, -0.2) is 37.0 Å². The molecule has 0 spiro atoms. The Hall–Kier alpha value is -3.32. The Morgan fingerprint density at radius 3 is 2.19 bits per heavy atom. The summed E-state index contributed by atoms with van der Waals surface area (Å²) in [5, 5.41) is 2.67. The molecule has 0 unspecified atom stereocenters. The second-order valence-electron chi connectivity index (χ2n) is 7.83. The van der Waals surface area contributed by atoms with E-state index < -0.39 is 17.6 Å². The Morgan fingerprint density at radius 1 is 0.844 bits per heavy atom. The number of amides is 1. The van der Waals surface area contributed by atoms with Crippen LogP contribution in [0.5, 0.6) is 0 Å². The maximum Gasteiger partial charge on any atom is 0.416 e. The van der Waals surface area contributed by atoms with Crippen LogP contribution in [0, 0.1) is 0 Å². The first-order chi connectivity index (χ1) is 15.4. The van der Waals surface area contributed by atoms with Gasteiger partial charge in [0.15, 0.2) is 0 Å². The van der Waals surface area contributed by atoms with Crippen molar-refractivity contribution >= 4 is 17.3 Å². The monoisotopic (exact) mass is 439 g/mol. The van der Waals surface area contributed by atoms with Crippen molar-refractivity contribution in [1.29, 1.82) is 0 Å². The van der Waals surface area contributed by atoms with Crippen LogP contribution in [0.25, 0.3) is 0 Å². The zero-order chi connectivity index (χ0) is 22.6. The largest absolute Gasteiger partial charge is 0.416 e. The van der Waals surface area contributed by atoms with Gasteiger partial charge in [0.2, 0.25) is 0 Å². The number of benzene rings is 3. The van der Waals surface area contributed by atoms with E-state index >= 15 is 0 Å². The highest BCUT2D eigenvalue weighted by atomic mass is 19.4. The van der Waals surface area contributed by atoms with Gasteiger partial charge in [0.25, 0.3) is 5.91 Å². The highest BCUT2D eigenvalue weighted by molar-refractivity contribution is 6.04. The van der Waals surface area contributed by atoms with Crippen molar-refractivity contribution in [1.82, 2.24) is 4.90 Å². The summed E-state index contributed by atoms with van der Waals surface area (Å²) in [6.45, 7) is 4.67. The summed E-state index contributed by atoms with van der Waals surface area (Å²) in [5.74, 6) is -0.569. The third kappa shape index (κ3) is 5.48. The molecule has 0 bridgehead atoms. The molecule has 1 aliphatic heterocycles. The molecule has 7 heteroatoms. The molecule has 0 atom stereocenters. The van der Waals surface area contributed by atoms with Gasteiger partial charge in [-0.3, -0.25) is 9.69 Å². The number of rotatable bonds is 5. The van der Waals surface area contributed by atoms with Crippen molar-refractivity contribution in [2.24, 2.45) is 0 Å². The fourth-order valence-electron chi connectivity index (χ4n) is 3.79. The van der Waals surface area contributed by atoms with Crippen molar-refractivity contribution in [3.63, 3.8) is 0 Å². The third-order valence-electron chi connectivity index (χ3n) is 5.56. The van der Waals surface area contributed by atoms with Crippen LogP contribution in [0.15, 0.2) is 78.9 Å². The van der Waals surface area contributed by atoms with Crippen molar-refractivity contribution < 1.29 is 18.0 Å². The normalized spacial score (nSPS) is 14.9. The average Bonchev–Trinajstić information content (AvgIpc) is 2.81. The van der Waals surface area contributed by atoms with E-state index in [0.29, 0.717) is 5.69 Å². The van der Waals surface area contributed by atoms with Gasteiger partial charge in [0.1, 0.15) is 0 Å². The summed E-state index contributed by atoms with van der Waals surface area (Å²) in [6, 6.07) is 22.2. The molecular formula is C25H24F3N3O. The third-order valence-corrected chi connectivity index (χ3v) is 5.56. The molecule has 32 heavy (non-hydrogen) atoms. The van der Waals surface area contributed by atoms with Crippen molar-refractivity contribution in [2.45, 2.75) is 12.7 Å². The first kappa shape index (κ1) is 21.9. The minimum atomic E-state index is -4.48. The fraction of sp³-hybridized carbons (Fsp3) is 0.240. The van der Waals surface area contributed by atoms with E-state index in [1.165, 1.54) is 17.8 Å². The van der Waals surface area contributed by atoms with Crippen LogP contribution in [-0.2, 0) is 12.7 Å². The number of anilines is 2. The number of nitrogens with one attached hydrogen (secondary N) is 1.